The van der Waals surface area contributed by atoms with Crippen LogP contribution in [-0.4, -0.2) is 48.0 Å². The van der Waals surface area contributed by atoms with Crippen molar-refractivity contribution in [1.82, 2.24) is 15.3 Å². The van der Waals surface area contributed by atoms with Gasteiger partial charge in [-0.3, -0.25) is 9.48 Å². The second-order valence-corrected chi connectivity index (χ2v) is 10.9. The number of aryl methyl sites for hydroxylation is 1. The van der Waals surface area contributed by atoms with Gasteiger partial charge in [0.2, 0.25) is 0 Å². The number of sulfone groups is 1. The van der Waals surface area contributed by atoms with Crippen LogP contribution in [0.1, 0.15) is 76.2 Å². The molecule has 1 saturated heterocycles. The summed E-state index contributed by atoms with van der Waals surface area (Å²) in [6.07, 6.45) is 13.2. The molecule has 1 saturated carbocycles. The molecule has 1 aromatic rings. The average molecular weight is 428 g/mol. The van der Waals surface area contributed by atoms with Crippen molar-refractivity contribution in [2.24, 2.45) is 0 Å². The van der Waals surface area contributed by atoms with E-state index in [0.29, 0.717) is 25.5 Å². The highest BCUT2D eigenvalue weighted by Gasteiger charge is 2.44. The summed E-state index contributed by atoms with van der Waals surface area (Å²) in [5.41, 5.74) is 3.52. The number of carbonyl (C=O) groups is 1. The Hall–Kier alpha value is -1.45. The Kier molecular flexibility index (Phi) is 7.34. The van der Waals surface area contributed by atoms with Gasteiger partial charge in [0.05, 0.1) is 6.20 Å². The fraction of sp³-hybridized carbons (Fsp3) is 0.800. The predicted molar refractivity (Wildman–Crippen MR) is 109 cm³/mol. The van der Waals surface area contributed by atoms with E-state index in [1.165, 1.54) is 44.6 Å². The van der Waals surface area contributed by atoms with E-state index in [-0.39, 0.29) is 6.42 Å². The van der Waals surface area contributed by atoms with Crippen molar-refractivity contribution in [2.45, 2.75) is 88.2 Å². The van der Waals surface area contributed by atoms with Crippen molar-refractivity contribution >= 4 is 15.7 Å². The molecule has 0 aromatic carbocycles. The Labute approximate surface area is 173 Å². The Bertz CT molecular complexity index is 782. The second-order valence-electron chi connectivity index (χ2n) is 8.47. The number of nitrogens with one attached hydrogen (secondary N) is 1. The van der Waals surface area contributed by atoms with Crippen LogP contribution in [0.5, 0.6) is 0 Å². The molecule has 2 atom stereocenters. The van der Waals surface area contributed by atoms with Gasteiger partial charge in [-0.1, -0.05) is 19.3 Å². The third-order valence-electron chi connectivity index (χ3n) is 6.27. The molecule has 1 unspecified atom stereocenters. The van der Waals surface area contributed by atoms with Crippen molar-refractivity contribution in [3.63, 3.8) is 0 Å². The standard InChI is InChI=1S/C20H33N3O5S/c1-20(29(2,25)26,19(24)22-28-18-10-6-7-13-27-18)11-12-23-15-17(14-21-23)16-8-4-3-5-9-16/h14-16,18H,3-13H2,1-2H3,(H,22,24)/t18?,20-/m1/s1. The highest BCUT2D eigenvalue weighted by atomic mass is 32.2. The zero-order valence-electron chi connectivity index (χ0n) is 17.4. The van der Waals surface area contributed by atoms with Crippen molar-refractivity contribution in [2.75, 3.05) is 12.9 Å². The summed E-state index contributed by atoms with van der Waals surface area (Å²) < 4.78 is 30.4. The lowest BCUT2D eigenvalue weighted by molar-refractivity contribution is -0.201. The van der Waals surface area contributed by atoms with Crippen molar-refractivity contribution < 1.29 is 22.8 Å². The van der Waals surface area contributed by atoms with E-state index in [1.807, 2.05) is 12.4 Å². The topological polar surface area (TPSA) is 99.5 Å². The molecule has 1 aromatic heterocycles. The highest BCUT2D eigenvalue weighted by molar-refractivity contribution is 7.92. The molecule has 164 valence electrons. The largest absolute Gasteiger partial charge is 0.350 e. The number of ether oxygens (including phenoxy) is 1. The van der Waals surface area contributed by atoms with E-state index in [2.05, 4.69) is 10.6 Å². The number of nitrogens with zero attached hydrogens (tertiary/aromatic N) is 2. The van der Waals surface area contributed by atoms with Crippen LogP contribution in [0.3, 0.4) is 0 Å². The van der Waals surface area contributed by atoms with Gasteiger partial charge < -0.3 is 4.74 Å². The fourth-order valence-electron chi connectivity index (χ4n) is 3.98. The zero-order chi connectivity index (χ0) is 20.9. The minimum atomic E-state index is -3.67. The number of carbonyl (C=O) groups excluding carboxylic acids is 1. The van der Waals surface area contributed by atoms with E-state index in [4.69, 9.17) is 9.57 Å². The van der Waals surface area contributed by atoms with Crippen LogP contribution in [0, 0.1) is 0 Å². The highest BCUT2D eigenvalue weighted by Crippen LogP contribution is 2.32. The molecule has 1 aliphatic heterocycles. The molecule has 29 heavy (non-hydrogen) atoms. The van der Waals surface area contributed by atoms with Gasteiger partial charge in [0.25, 0.3) is 5.91 Å². The molecule has 1 amide bonds. The second kappa shape index (κ2) is 9.57. The first-order valence-corrected chi connectivity index (χ1v) is 12.5. The van der Waals surface area contributed by atoms with Gasteiger partial charge in [-0.15, -0.1) is 0 Å². The number of hydrogen-bond acceptors (Lipinski definition) is 6. The lowest BCUT2D eigenvalue weighted by Crippen LogP contribution is -2.51. The monoisotopic (exact) mass is 427 g/mol. The first-order valence-electron chi connectivity index (χ1n) is 10.6. The summed E-state index contributed by atoms with van der Waals surface area (Å²) in [5.74, 6) is -0.139. The molecule has 1 N–H and O–H groups in total. The average Bonchev–Trinajstić information content (AvgIpc) is 3.20. The van der Waals surface area contributed by atoms with Crippen LogP contribution in [0.25, 0.3) is 0 Å². The quantitative estimate of drug-likeness (QED) is 0.641. The van der Waals surface area contributed by atoms with Crippen LogP contribution in [0.15, 0.2) is 12.4 Å². The van der Waals surface area contributed by atoms with E-state index < -0.39 is 26.8 Å². The molecule has 9 heteroatoms. The molecule has 0 spiro atoms. The van der Waals surface area contributed by atoms with Crippen LogP contribution in [0.4, 0.5) is 0 Å². The lowest BCUT2D eigenvalue weighted by Gasteiger charge is -2.28. The predicted octanol–water partition coefficient (Wildman–Crippen LogP) is 2.70. The Morgan fingerprint density at radius 3 is 2.66 bits per heavy atom. The zero-order valence-corrected chi connectivity index (χ0v) is 18.2. The molecule has 3 rings (SSSR count). The summed E-state index contributed by atoms with van der Waals surface area (Å²) in [6.45, 7) is 2.35. The molecule has 8 nitrogen and oxygen atoms in total. The van der Waals surface area contributed by atoms with Crippen LogP contribution < -0.4 is 5.48 Å². The molecule has 1 aliphatic carbocycles. The summed E-state index contributed by atoms with van der Waals surface area (Å²) >= 11 is 0. The van der Waals surface area contributed by atoms with Gasteiger partial charge in [0.1, 0.15) is 0 Å². The summed E-state index contributed by atoms with van der Waals surface area (Å²) in [6, 6.07) is 0. The van der Waals surface area contributed by atoms with Crippen LogP contribution in [-0.2, 0) is 30.8 Å². The normalized spacial score (nSPS) is 23.4. The molecule has 2 aliphatic rings. The number of amides is 1. The summed E-state index contributed by atoms with van der Waals surface area (Å²) in [7, 11) is -3.67. The summed E-state index contributed by atoms with van der Waals surface area (Å²) in [4.78, 5) is 18.0. The van der Waals surface area contributed by atoms with Gasteiger partial charge in [-0.05, 0) is 50.5 Å². The maximum Gasteiger partial charge on any atom is 0.264 e. The molecule has 0 bridgehead atoms. The fourth-order valence-corrected chi connectivity index (χ4v) is 4.82. The third-order valence-corrected chi connectivity index (χ3v) is 8.29. The maximum atomic E-state index is 12.7. The van der Waals surface area contributed by atoms with Crippen molar-refractivity contribution in [3.8, 4) is 0 Å². The van der Waals surface area contributed by atoms with E-state index in [1.54, 1.807) is 4.68 Å². The van der Waals surface area contributed by atoms with E-state index >= 15 is 0 Å². The van der Waals surface area contributed by atoms with Gasteiger partial charge >= 0.3 is 0 Å². The Morgan fingerprint density at radius 1 is 1.28 bits per heavy atom. The van der Waals surface area contributed by atoms with Crippen molar-refractivity contribution in [3.05, 3.63) is 18.0 Å². The minimum Gasteiger partial charge on any atom is -0.350 e. The molecular weight excluding hydrogens is 394 g/mol. The molecule has 2 fully saturated rings. The van der Waals surface area contributed by atoms with E-state index in [0.717, 1.165) is 19.1 Å². The maximum absolute atomic E-state index is 12.7. The van der Waals surface area contributed by atoms with Crippen molar-refractivity contribution in [1.29, 1.82) is 0 Å². The lowest BCUT2D eigenvalue weighted by atomic mass is 9.86. The van der Waals surface area contributed by atoms with Gasteiger partial charge in [0, 0.05) is 32.0 Å². The first kappa shape index (κ1) is 22.2. The molecular formula is C20H33N3O5S. The van der Waals surface area contributed by atoms with Gasteiger partial charge in [-0.2, -0.15) is 5.10 Å². The first-order chi connectivity index (χ1) is 13.8. The number of hydrogen-bond donors (Lipinski definition) is 1. The van der Waals surface area contributed by atoms with Gasteiger partial charge in [-0.25, -0.2) is 18.7 Å². The number of rotatable bonds is 8. The van der Waals surface area contributed by atoms with Gasteiger partial charge in [0.15, 0.2) is 20.9 Å². The molecule has 0 radical (unpaired) electrons. The smallest absolute Gasteiger partial charge is 0.264 e. The van der Waals surface area contributed by atoms with E-state index in [9.17, 15) is 13.2 Å². The number of aromatic nitrogens is 2. The summed E-state index contributed by atoms with van der Waals surface area (Å²) in [5, 5.41) is 4.39. The Balaban J connectivity index is 1.60. The molecule has 2 heterocycles. The van der Waals surface area contributed by atoms with Crippen LogP contribution >= 0.6 is 0 Å². The minimum absolute atomic E-state index is 0.109. The SMILES string of the molecule is C[C@@](CCn1cc(C2CCCCC2)cn1)(C(=O)NOC1CCCCO1)S(C)(=O)=O. The number of hydroxylamine groups is 1. The third kappa shape index (κ3) is 5.58. The van der Waals surface area contributed by atoms with Crippen LogP contribution in [0.2, 0.25) is 0 Å². The Morgan fingerprint density at radius 2 is 2.00 bits per heavy atom.